The lowest BCUT2D eigenvalue weighted by Gasteiger charge is -2.10. The van der Waals surface area contributed by atoms with Crippen molar-refractivity contribution >= 4 is 53.4 Å². The van der Waals surface area contributed by atoms with Crippen LogP contribution in [0.4, 0.5) is 0 Å². The van der Waals surface area contributed by atoms with Crippen molar-refractivity contribution in [2.75, 3.05) is 0 Å². The summed E-state index contributed by atoms with van der Waals surface area (Å²) in [5.74, 6) is 1.88. The Morgan fingerprint density at radius 3 is 1.84 bits per heavy atom. The summed E-state index contributed by atoms with van der Waals surface area (Å²) in [5, 5.41) is 4.65. The molecule has 0 N–H and O–H groups in total. The minimum atomic E-state index is 0.616. The Kier molecular flexibility index (Phi) is 5.64. The Labute approximate surface area is 256 Å². The van der Waals surface area contributed by atoms with Gasteiger partial charge in [-0.05, 0) is 29.3 Å². The van der Waals surface area contributed by atoms with E-state index >= 15 is 0 Å². The molecule has 206 valence electrons. The molecular weight excluding hydrogens is 559 g/mol. The molecule has 6 aromatic carbocycles. The van der Waals surface area contributed by atoms with Crippen LogP contribution in [0.25, 0.3) is 87.4 Å². The summed E-state index contributed by atoms with van der Waals surface area (Å²) < 4.78 is 8.78. The summed E-state index contributed by atoms with van der Waals surface area (Å²) in [4.78, 5) is 15.0. The van der Waals surface area contributed by atoms with Gasteiger partial charge in [-0.15, -0.1) is 11.3 Å². The molecule has 9 rings (SSSR count). The zero-order valence-corrected chi connectivity index (χ0v) is 24.3. The maximum absolute atomic E-state index is 6.18. The average molecular weight is 582 g/mol. The summed E-state index contributed by atoms with van der Waals surface area (Å²) in [6, 6.07) is 48.0. The summed E-state index contributed by atoms with van der Waals surface area (Å²) >= 11 is 1.84. The van der Waals surface area contributed by atoms with Gasteiger partial charge in [-0.3, -0.25) is 0 Å². The maximum atomic E-state index is 6.18. The number of furan rings is 1. The van der Waals surface area contributed by atoms with Crippen molar-refractivity contribution in [3.05, 3.63) is 140 Å². The van der Waals surface area contributed by atoms with Gasteiger partial charge in [0, 0.05) is 47.6 Å². The molecule has 44 heavy (non-hydrogen) atoms. The normalized spacial score (nSPS) is 11.6. The highest BCUT2D eigenvalue weighted by atomic mass is 32.1. The van der Waals surface area contributed by atoms with Crippen molar-refractivity contribution in [2.24, 2.45) is 0 Å². The Balaban J connectivity index is 1.20. The summed E-state index contributed by atoms with van der Waals surface area (Å²) in [6.45, 7) is 0. The number of para-hydroxylation sites is 1. The zero-order valence-electron chi connectivity index (χ0n) is 23.4. The number of nitrogens with zero attached hydrogens (tertiary/aromatic N) is 3. The van der Waals surface area contributed by atoms with Crippen LogP contribution < -0.4 is 0 Å². The van der Waals surface area contributed by atoms with Crippen LogP contribution in [0.3, 0.4) is 0 Å². The highest BCUT2D eigenvalue weighted by molar-refractivity contribution is 7.26. The van der Waals surface area contributed by atoms with E-state index in [9.17, 15) is 0 Å². The third-order valence-electron chi connectivity index (χ3n) is 8.17. The molecule has 0 aliphatic heterocycles. The topological polar surface area (TPSA) is 51.8 Å². The molecule has 0 fully saturated rings. The number of thiophene rings is 1. The second-order valence-electron chi connectivity index (χ2n) is 10.8. The zero-order chi connectivity index (χ0) is 29.0. The lowest BCUT2D eigenvalue weighted by atomic mass is 10.0. The first-order valence-corrected chi connectivity index (χ1v) is 15.3. The van der Waals surface area contributed by atoms with Gasteiger partial charge in [0.25, 0.3) is 0 Å². The first-order valence-electron chi connectivity index (χ1n) is 14.5. The van der Waals surface area contributed by atoms with Gasteiger partial charge in [-0.25, -0.2) is 15.0 Å². The van der Waals surface area contributed by atoms with Crippen LogP contribution in [-0.4, -0.2) is 15.0 Å². The smallest absolute Gasteiger partial charge is 0.164 e. The molecule has 0 unspecified atom stereocenters. The molecule has 9 aromatic rings. The van der Waals surface area contributed by atoms with Gasteiger partial charge in [-0.1, -0.05) is 121 Å². The second-order valence-corrected chi connectivity index (χ2v) is 11.9. The third-order valence-corrected chi connectivity index (χ3v) is 9.39. The van der Waals surface area contributed by atoms with E-state index in [1.54, 1.807) is 0 Å². The van der Waals surface area contributed by atoms with E-state index in [-0.39, 0.29) is 0 Å². The van der Waals surface area contributed by atoms with Crippen LogP contribution in [0.2, 0.25) is 0 Å². The van der Waals surface area contributed by atoms with Crippen LogP contribution in [-0.2, 0) is 0 Å². The molecule has 0 saturated carbocycles. The van der Waals surface area contributed by atoms with Gasteiger partial charge >= 0.3 is 0 Å². The number of hydrogen-bond donors (Lipinski definition) is 0. The monoisotopic (exact) mass is 581 g/mol. The van der Waals surface area contributed by atoms with Gasteiger partial charge in [0.05, 0.1) is 0 Å². The first-order chi connectivity index (χ1) is 21.8. The van der Waals surface area contributed by atoms with Crippen LogP contribution in [0.1, 0.15) is 0 Å². The van der Waals surface area contributed by atoms with Crippen molar-refractivity contribution < 1.29 is 4.42 Å². The summed E-state index contributed by atoms with van der Waals surface area (Å²) in [5.41, 5.74) is 6.84. The highest BCUT2D eigenvalue weighted by Gasteiger charge is 2.18. The van der Waals surface area contributed by atoms with Crippen molar-refractivity contribution in [1.82, 2.24) is 15.0 Å². The minimum Gasteiger partial charge on any atom is -0.456 e. The van der Waals surface area contributed by atoms with Gasteiger partial charge in [0.1, 0.15) is 11.2 Å². The predicted molar refractivity (Wildman–Crippen MR) is 182 cm³/mol. The Bertz CT molecular complexity index is 2490. The molecule has 5 heteroatoms. The second kappa shape index (κ2) is 9.97. The third kappa shape index (κ3) is 4.02. The molecule has 0 radical (unpaired) electrons. The molecule has 0 spiro atoms. The maximum Gasteiger partial charge on any atom is 0.164 e. The van der Waals surface area contributed by atoms with Crippen LogP contribution in [0.5, 0.6) is 0 Å². The molecule has 0 aliphatic carbocycles. The van der Waals surface area contributed by atoms with E-state index < -0.39 is 0 Å². The SMILES string of the molecule is c1ccc(-c2nc(-c3ccc(-c4cccc5c4sc4ccccc45)cc3)nc(-c3cccc4oc5ccccc5c34)n2)cc1. The fourth-order valence-corrected chi connectivity index (χ4v) is 7.31. The van der Waals surface area contributed by atoms with E-state index in [0.717, 1.165) is 44.2 Å². The molecule has 3 aromatic heterocycles. The lowest BCUT2D eigenvalue weighted by Crippen LogP contribution is -2.00. The molecule has 0 amide bonds. The molecule has 4 nitrogen and oxygen atoms in total. The van der Waals surface area contributed by atoms with E-state index in [0.29, 0.717) is 17.5 Å². The van der Waals surface area contributed by atoms with Crippen LogP contribution in [0, 0.1) is 0 Å². The Morgan fingerprint density at radius 2 is 1.00 bits per heavy atom. The fourth-order valence-electron chi connectivity index (χ4n) is 6.08. The summed E-state index contributed by atoms with van der Waals surface area (Å²) in [7, 11) is 0. The molecule has 0 atom stereocenters. The molecular formula is C39H23N3OS. The van der Waals surface area contributed by atoms with Crippen LogP contribution >= 0.6 is 11.3 Å². The fraction of sp³-hybridized carbons (Fsp3) is 0. The molecule has 0 aliphatic rings. The van der Waals surface area contributed by atoms with Gasteiger partial charge in [0.2, 0.25) is 0 Å². The number of aromatic nitrogens is 3. The average Bonchev–Trinajstić information content (AvgIpc) is 3.67. The van der Waals surface area contributed by atoms with Crippen molar-refractivity contribution in [3.63, 3.8) is 0 Å². The van der Waals surface area contributed by atoms with E-state index in [2.05, 4.69) is 78.9 Å². The largest absolute Gasteiger partial charge is 0.456 e. The van der Waals surface area contributed by atoms with E-state index in [1.807, 2.05) is 72.0 Å². The number of fused-ring (bicyclic) bond motifs is 6. The number of rotatable bonds is 4. The number of hydrogen-bond acceptors (Lipinski definition) is 5. The Morgan fingerprint density at radius 1 is 0.409 bits per heavy atom. The van der Waals surface area contributed by atoms with Gasteiger partial charge < -0.3 is 4.42 Å². The standard InChI is InChI=1S/C39H23N3OS/c1-2-10-25(11-3-1)37-40-38(42-39(41-37)31-16-9-18-33-35(31)30-13-4-6-17-32(30)43-33)26-22-20-24(21-23-26)27-14-8-15-29-28-12-5-7-19-34(28)44-36(27)29/h1-23H. The Hall–Kier alpha value is -5.65. The van der Waals surface area contributed by atoms with Gasteiger partial charge in [-0.2, -0.15) is 0 Å². The van der Waals surface area contributed by atoms with Gasteiger partial charge in [0.15, 0.2) is 17.5 Å². The van der Waals surface area contributed by atoms with Crippen molar-refractivity contribution in [2.45, 2.75) is 0 Å². The van der Waals surface area contributed by atoms with Crippen molar-refractivity contribution in [1.29, 1.82) is 0 Å². The minimum absolute atomic E-state index is 0.616. The molecule has 0 saturated heterocycles. The lowest BCUT2D eigenvalue weighted by molar-refractivity contribution is 0.669. The van der Waals surface area contributed by atoms with E-state index in [4.69, 9.17) is 19.4 Å². The quantitative estimate of drug-likeness (QED) is 0.207. The molecule has 0 bridgehead atoms. The predicted octanol–water partition coefficient (Wildman–Crippen LogP) is 10.8. The van der Waals surface area contributed by atoms with E-state index in [1.165, 1.54) is 25.7 Å². The summed E-state index contributed by atoms with van der Waals surface area (Å²) in [6.07, 6.45) is 0. The highest BCUT2D eigenvalue weighted by Crippen LogP contribution is 2.40. The van der Waals surface area contributed by atoms with Crippen molar-refractivity contribution in [3.8, 4) is 45.3 Å². The number of benzene rings is 6. The van der Waals surface area contributed by atoms with Crippen LogP contribution in [0.15, 0.2) is 144 Å². The first kappa shape index (κ1) is 24.9. The molecule has 3 heterocycles.